The second-order valence-electron chi connectivity index (χ2n) is 33.2. The van der Waals surface area contributed by atoms with Crippen molar-refractivity contribution < 1.29 is 33.5 Å². The average molecular weight is 1300 g/mol. The number of carbonyl (C=O) groups is 6. The first-order chi connectivity index (χ1) is 44.3. The van der Waals surface area contributed by atoms with Crippen molar-refractivity contribution in [3.05, 3.63) is 83.9 Å². The summed E-state index contributed by atoms with van der Waals surface area (Å²) in [4.78, 5) is 68.2. The molecule has 7 saturated carbocycles. The molecule has 0 amide bonds. The van der Waals surface area contributed by atoms with Crippen LogP contribution < -0.4 is 0 Å². The predicted octanol–water partition coefficient (Wildman–Crippen LogP) is 21.4. The molecule has 93 heavy (non-hydrogen) atoms. The van der Waals surface area contributed by atoms with Crippen LogP contribution in [-0.2, 0) is 40.0 Å². The van der Waals surface area contributed by atoms with E-state index in [9.17, 15) is 28.8 Å². The number of hydrogen-bond donors (Lipinski definition) is 0. The lowest BCUT2D eigenvalue weighted by Crippen LogP contribution is -2.52. The SMILES string of the molecule is C=C1C[C@H]2CC[C@@H](C1)N2Cc1ccccc1.CC(C)(C)C1CCC(=O)CC1.CC(C)C1CCC(=O)CC1.CC(C)CCCC(C)C.C[C@@]12CCC[C@H]1[C@@H]1CC[C@H]3CC(=O)CC[C@]3(C)[C@H]1CC2.O=C1CCC(c2ccccc2)CC1.O=C1CCOCC1.O=C1CCSCC1. The number of carbonyl (C=O) groups excluding carboxylic acids is 6. The number of Topliss-reactive ketones (excluding diaryl/α,β-unsaturated/α-hetero) is 6. The molecule has 0 radical (unpaired) electrons. The first-order valence-electron chi connectivity index (χ1n) is 38.1. The number of nitrogens with zero attached hydrogens (tertiary/aromatic N) is 1. The van der Waals surface area contributed by atoms with Crippen LogP contribution in [0.2, 0.25) is 0 Å². The van der Waals surface area contributed by atoms with Crippen LogP contribution in [0.25, 0.3) is 0 Å². The minimum Gasteiger partial charge on any atom is -0.381 e. The van der Waals surface area contributed by atoms with E-state index < -0.39 is 0 Å². The Hall–Kier alpha value is -3.53. The molecule has 8 atom stereocenters. The van der Waals surface area contributed by atoms with Crippen LogP contribution >= 0.6 is 11.8 Å². The van der Waals surface area contributed by atoms with E-state index in [0.29, 0.717) is 82.9 Å². The van der Waals surface area contributed by atoms with E-state index in [1.165, 1.54) is 113 Å². The van der Waals surface area contributed by atoms with Gasteiger partial charge in [0.2, 0.25) is 0 Å². The molecule has 9 heteroatoms. The van der Waals surface area contributed by atoms with E-state index in [0.717, 1.165) is 186 Å². The quantitative estimate of drug-likeness (QED) is 0.238. The Morgan fingerprint density at radius 1 is 0.538 bits per heavy atom. The fourth-order valence-corrected chi connectivity index (χ4v) is 18.8. The fraction of sp³-hybridized carbons (Fsp3) is 0.762. The van der Waals surface area contributed by atoms with Crippen molar-refractivity contribution in [2.24, 2.45) is 69.5 Å². The Balaban J connectivity index is 0.000000173. The highest BCUT2D eigenvalue weighted by Gasteiger charge is 2.58. The predicted molar refractivity (Wildman–Crippen MR) is 390 cm³/mol. The van der Waals surface area contributed by atoms with Gasteiger partial charge in [0.15, 0.2) is 0 Å². The fourth-order valence-electron chi connectivity index (χ4n) is 17.9. The minimum atomic E-state index is 0.339. The molecule has 0 unspecified atom stereocenters. The van der Waals surface area contributed by atoms with E-state index in [1.54, 1.807) is 0 Å². The first-order valence-corrected chi connectivity index (χ1v) is 39.3. The number of thioether (sulfide) groups is 1. The van der Waals surface area contributed by atoms with Crippen LogP contribution in [0.5, 0.6) is 0 Å². The molecule has 0 N–H and O–H groups in total. The number of benzene rings is 2. The highest BCUT2D eigenvalue weighted by atomic mass is 32.2. The summed E-state index contributed by atoms with van der Waals surface area (Å²) in [5, 5.41) is 0. The number of ketones is 6. The molecule has 0 aromatic heterocycles. The van der Waals surface area contributed by atoms with Crippen LogP contribution in [0, 0.1) is 69.5 Å². The summed E-state index contributed by atoms with van der Waals surface area (Å²) in [6.07, 6.45) is 36.9. The van der Waals surface area contributed by atoms with Gasteiger partial charge < -0.3 is 4.74 Å². The van der Waals surface area contributed by atoms with Crippen LogP contribution in [-0.4, -0.2) is 76.4 Å². The number of ether oxygens (including phenoxy) is 1. The minimum absolute atomic E-state index is 0.339. The van der Waals surface area contributed by atoms with Gasteiger partial charge in [0, 0.05) is 107 Å². The summed E-state index contributed by atoms with van der Waals surface area (Å²) in [5.74, 6) is 13.2. The van der Waals surface area contributed by atoms with Crippen molar-refractivity contribution in [3.63, 3.8) is 0 Å². The summed E-state index contributed by atoms with van der Waals surface area (Å²) >= 11 is 1.88. The molecule has 522 valence electrons. The molecule has 4 aliphatic heterocycles. The third kappa shape index (κ3) is 26.7. The van der Waals surface area contributed by atoms with Gasteiger partial charge in [-0.3, -0.25) is 33.7 Å². The Bertz CT molecular complexity index is 2490. The molecule has 8 nitrogen and oxygen atoms in total. The summed E-state index contributed by atoms with van der Waals surface area (Å²) in [5.41, 5.74) is 5.90. The topological polar surface area (TPSA) is 115 Å². The van der Waals surface area contributed by atoms with Gasteiger partial charge in [0.1, 0.15) is 34.7 Å². The van der Waals surface area contributed by atoms with E-state index in [4.69, 9.17) is 4.74 Å². The van der Waals surface area contributed by atoms with Gasteiger partial charge in [-0.25, -0.2) is 0 Å². The largest absolute Gasteiger partial charge is 0.381 e. The summed E-state index contributed by atoms with van der Waals surface area (Å²) < 4.78 is 4.92. The lowest BCUT2D eigenvalue weighted by molar-refractivity contribution is -0.138. The van der Waals surface area contributed by atoms with Crippen LogP contribution in [0.3, 0.4) is 0 Å². The van der Waals surface area contributed by atoms with E-state index in [2.05, 4.69) is 142 Å². The van der Waals surface area contributed by atoms with Crippen molar-refractivity contribution in [1.29, 1.82) is 0 Å². The molecular weight excluding hydrogens is 1170 g/mol. The third-order valence-electron chi connectivity index (χ3n) is 24.1. The van der Waals surface area contributed by atoms with Gasteiger partial charge in [-0.05, 0) is 196 Å². The van der Waals surface area contributed by atoms with E-state index in [-0.39, 0.29) is 0 Å². The van der Waals surface area contributed by atoms with Crippen LogP contribution in [0.1, 0.15) is 305 Å². The second-order valence-corrected chi connectivity index (χ2v) is 34.5. The van der Waals surface area contributed by atoms with Crippen molar-refractivity contribution in [2.75, 3.05) is 24.7 Å². The van der Waals surface area contributed by atoms with Gasteiger partial charge >= 0.3 is 0 Å². The van der Waals surface area contributed by atoms with E-state index >= 15 is 0 Å². The summed E-state index contributed by atoms with van der Waals surface area (Å²) in [7, 11) is 0. The maximum Gasteiger partial charge on any atom is 0.137 e. The number of fused-ring (bicyclic) bond motifs is 7. The summed E-state index contributed by atoms with van der Waals surface area (Å²) in [6.45, 7) is 32.2. The average Bonchev–Trinajstić information content (AvgIpc) is 1.72. The monoisotopic (exact) mass is 1300 g/mol. The molecule has 2 bridgehead atoms. The van der Waals surface area contributed by atoms with Gasteiger partial charge in [-0.1, -0.05) is 175 Å². The zero-order valence-electron chi connectivity index (χ0n) is 61.0. The lowest BCUT2D eigenvalue weighted by atomic mass is 9.45. The zero-order chi connectivity index (χ0) is 67.6. The smallest absolute Gasteiger partial charge is 0.137 e. The maximum atomic E-state index is 11.9. The molecule has 11 aliphatic rings. The molecule has 11 fully saturated rings. The Labute approximate surface area is 572 Å². The third-order valence-corrected chi connectivity index (χ3v) is 25.1. The Kier molecular flexibility index (Phi) is 33.5. The molecule has 2 aromatic carbocycles. The Morgan fingerprint density at radius 2 is 1.05 bits per heavy atom. The zero-order valence-corrected chi connectivity index (χ0v) is 61.8. The van der Waals surface area contributed by atoms with Crippen molar-refractivity contribution >= 4 is 46.5 Å². The normalized spacial score (nSPS) is 29.1. The molecule has 13 rings (SSSR count). The second kappa shape index (κ2) is 39.8. The lowest BCUT2D eigenvalue weighted by Gasteiger charge is -2.59. The summed E-state index contributed by atoms with van der Waals surface area (Å²) in [6, 6.07) is 22.9. The van der Waals surface area contributed by atoms with Crippen molar-refractivity contribution in [3.8, 4) is 0 Å². The maximum absolute atomic E-state index is 11.9. The van der Waals surface area contributed by atoms with Crippen molar-refractivity contribution in [2.45, 2.75) is 313 Å². The molecule has 4 saturated heterocycles. The van der Waals surface area contributed by atoms with Gasteiger partial charge in [0.05, 0.1) is 13.2 Å². The number of rotatable bonds is 8. The first kappa shape index (κ1) is 78.5. The van der Waals surface area contributed by atoms with Crippen LogP contribution in [0.4, 0.5) is 0 Å². The number of piperidine rings is 1. The number of hydrogen-bond acceptors (Lipinski definition) is 9. The van der Waals surface area contributed by atoms with Crippen molar-refractivity contribution in [1.82, 2.24) is 4.90 Å². The Morgan fingerprint density at radius 3 is 1.55 bits per heavy atom. The van der Waals surface area contributed by atoms with Gasteiger partial charge in [0.25, 0.3) is 0 Å². The highest BCUT2D eigenvalue weighted by molar-refractivity contribution is 7.99. The standard InChI is InChI=1S/C19H30O.C15H19N.C12H14O.C10H18O.C9H16O.C9H20.C5H8O2.C5H8OS/c1-18-9-3-4-16(18)15-6-5-13-12-14(20)7-11-19(13,2)17(15)8-10-18;1-12-9-14-7-8-15(10-12)16(14)11-13-5-3-2-4-6-13;13-12-8-6-11(7-9-12)10-4-2-1-3-5-10;1-10(2,3)8-4-6-9(11)7-5-8;1-7(2)8-3-5-9(10)6-4-8;1-8(2)6-5-7-9(3)4;2*6-5-1-3-7-4-2-5/h13,15-17H,3-12H2,1-2H3;2-6,14-15H,1,7-11H2;1-5,11H,6-9H2;8H,4-7H2,1-3H3;7-8H,3-6H2,1-2H3;8-9H,5-7H2,1-4H3;2*1-4H2/t13-,15-,16-,17-,18-,19-;14-,15+;;;;;;/m0......./s1. The van der Waals surface area contributed by atoms with Gasteiger partial charge in [-0.15, -0.1) is 0 Å². The van der Waals surface area contributed by atoms with Gasteiger partial charge in [-0.2, -0.15) is 11.8 Å². The molecule has 2 aromatic rings. The molecular formula is C84H133NO7S. The molecule has 7 aliphatic carbocycles. The van der Waals surface area contributed by atoms with Crippen LogP contribution in [0.15, 0.2) is 72.8 Å². The highest BCUT2D eigenvalue weighted by Crippen LogP contribution is 2.66. The van der Waals surface area contributed by atoms with E-state index in [1.807, 2.05) is 17.8 Å². The molecule has 4 heterocycles. The molecule has 0 spiro atoms.